The highest BCUT2D eigenvalue weighted by Crippen LogP contribution is 2.27. The Morgan fingerprint density at radius 2 is 2.04 bits per heavy atom. The zero-order valence-electron chi connectivity index (χ0n) is 12.9. The summed E-state index contributed by atoms with van der Waals surface area (Å²) >= 11 is 1.13. The number of anilines is 1. The number of nitrogen functional groups attached to an aromatic ring is 1. The lowest BCUT2D eigenvalue weighted by molar-refractivity contribution is -0.139. The molecule has 0 spiro atoms. The average molecular weight is 328 g/mol. The van der Waals surface area contributed by atoms with Gasteiger partial charge in [-0.15, -0.1) is 0 Å². The Bertz CT molecular complexity index is 754. The molecule has 2 aromatic rings. The second-order valence-corrected chi connectivity index (χ2v) is 5.63. The van der Waals surface area contributed by atoms with E-state index < -0.39 is 0 Å². The van der Waals surface area contributed by atoms with Crippen LogP contribution in [-0.4, -0.2) is 28.3 Å². The number of ether oxygens (including phenoxy) is 1. The molecule has 1 heterocycles. The summed E-state index contributed by atoms with van der Waals surface area (Å²) in [4.78, 5) is 19.9. The maximum Gasteiger partial charge on any atom is 0.316 e. The molecule has 23 heavy (non-hydrogen) atoms. The number of aromatic nitrogens is 2. The maximum absolute atomic E-state index is 11.4. The van der Waals surface area contributed by atoms with Crippen LogP contribution in [0.3, 0.4) is 0 Å². The number of hydrogen-bond acceptors (Lipinski definition) is 7. The van der Waals surface area contributed by atoms with Gasteiger partial charge in [0.15, 0.2) is 5.16 Å². The first kappa shape index (κ1) is 16.8. The zero-order valence-corrected chi connectivity index (χ0v) is 13.7. The number of esters is 1. The van der Waals surface area contributed by atoms with Crippen molar-refractivity contribution in [3.05, 3.63) is 35.4 Å². The predicted molar refractivity (Wildman–Crippen MR) is 88.7 cm³/mol. The summed E-state index contributed by atoms with van der Waals surface area (Å²) in [6.07, 6.45) is 0. The monoisotopic (exact) mass is 328 g/mol. The van der Waals surface area contributed by atoms with Crippen LogP contribution in [0.2, 0.25) is 0 Å². The third-order valence-corrected chi connectivity index (χ3v) is 3.80. The number of carbonyl (C=O) groups is 1. The number of rotatable bonds is 5. The van der Waals surface area contributed by atoms with E-state index in [1.165, 1.54) is 0 Å². The summed E-state index contributed by atoms with van der Waals surface area (Å²) in [6.45, 7) is 4.04. The van der Waals surface area contributed by atoms with Crippen molar-refractivity contribution in [3.63, 3.8) is 0 Å². The Kier molecular flexibility index (Phi) is 5.55. The van der Waals surface area contributed by atoms with Crippen molar-refractivity contribution in [1.29, 1.82) is 5.26 Å². The predicted octanol–water partition coefficient (Wildman–Crippen LogP) is 2.56. The number of nitrogens with zero attached hydrogens (tertiary/aromatic N) is 3. The van der Waals surface area contributed by atoms with Crippen molar-refractivity contribution in [2.45, 2.75) is 19.0 Å². The topological polar surface area (TPSA) is 102 Å². The van der Waals surface area contributed by atoms with Crippen LogP contribution < -0.4 is 5.73 Å². The minimum atomic E-state index is -0.346. The van der Waals surface area contributed by atoms with Gasteiger partial charge in [0.25, 0.3) is 0 Å². The van der Waals surface area contributed by atoms with Gasteiger partial charge in [-0.25, -0.2) is 9.97 Å². The second-order valence-electron chi connectivity index (χ2n) is 4.69. The van der Waals surface area contributed by atoms with E-state index in [2.05, 4.69) is 9.97 Å². The van der Waals surface area contributed by atoms with Crippen molar-refractivity contribution in [1.82, 2.24) is 9.97 Å². The Morgan fingerprint density at radius 1 is 1.35 bits per heavy atom. The van der Waals surface area contributed by atoms with Crippen LogP contribution in [0.25, 0.3) is 11.3 Å². The fourth-order valence-corrected chi connectivity index (χ4v) is 2.53. The van der Waals surface area contributed by atoms with Crippen LogP contribution in [-0.2, 0) is 9.53 Å². The SMILES string of the molecule is CCOC(=O)CSc1nc(N)c(C#N)c(-c2ccc(C)cc2)n1. The summed E-state index contributed by atoms with van der Waals surface area (Å²) in [5.74, 6) is -0.155. The van der Waals surface area contributed by atoms with Crippen LogP contribution >= 0.6 is 11.8 Å². The highest BCUT2D eigenvalue weighted by atomic mass is 32.2. The summed E-state index contributed by atoms with van der Waals surface area (Å²) in [6, 6.07) is 9.65. The highest BCUT2D eigenvalue weighted by Gasteiger charge is 2.15. The molecule has 0 aliphatic heterocycles. The normalized spacial score (nSPS) is 10.1. The lowest BCUT2D eigenvalue weighted by Gasteiger charge is -2.08. The van der Waals surface area contributed by atoms with E-state index in [-0.39, 0.29) is 23.1 Å². The maximum atomic E-state index is 11.4. The van der Waals surface area contributed by atoms with Crippen molar-refractivity contribution in [2.24, 2.45) is 0 Å². The fraction of sp³-hybridized carbons (Fsp3) is 0.250. The van der Waals surface area contributed by atoms with Gasteiger partial charge in [-0.2, -0.15) is 5.26 Å². The molecule has 1 aromatic heterocycles. The molecule has 2 rings (SSSR count). The fourth-order valence-electron chi connectivity index (χ4n) is 1.88. The van der Waals surface area contributed by atoms with E-state index >= 15 is 0 Å². The van der Waals surface area contributed by atoms with Crippen molar-refractivity contribution in [2.75, 3.05) is 18.1 Å². The van der Waals surface area contributed by atoms with Gasteiger partial charge in [-0.1, -0.05) is 41.6 Å². The molecule has 0 unspecified atom stereocenters. The number of hydrogen-bond donors (Lipinski definition) is 1. The molecule has 1 aromatic carbocycles. The van der Waals surface area contributed by atoms with Gasteiger partial charge < -0.3 is 10.5 Å². The summed E-state index contributed by atoms with van der Waals surface area (Å²) < 4.78 is 4.87. The van der Waals surface area contributed by atoms with Gasteiger partial charge in [-0.3, -0.25) is 4.79 Å². The van der Waals surface area contributed by atoms with E-state index in [4.69, 9.17) is 10.5 Å². The molecule has 0 aliphatic rings. The van der Waals surface area contributed by atoms with E-state index in [0.717, 1.165) is 22.9 Å². The van der Waals surface area contributed by atoms with Crippen molar-refractivity contribution < 1.29 is 9.53 Å². The van der Waals surface area contributed by atoms with Crippen LogP contribution in [0.1, 0.15) is 18.1 Å². The van der Waals surface area contributed by atoms with Gasteiger partial charge in [-0.05, 0) is 13.8 Å². The molecular weight excluding hydrogens is 312 g/mol. The molecule has 0 amide bonds. The van der Waals surface area contributed by atoms with E-state index in [1.54, 1.807) is 6.92 Å². The van der Waals surface area contributed by atoms with E-state index in [0.29, 0.717) is 17.5 Å². The van der Waals surface area contributed by atoms with Gasteiger partial charge in [0.05, 0.1) is 18.1 Å². The van der Waals surface area contributed by atoms with Crippen LogP contribution in [0.15, 0.2) is 29.4 Å². The molecule has 0 fully saturated rings. The molecule has 0 saturated carbocycles. The Labute approximate surface area is 138 Å². The number of carbonyl (C=O) groups excluding carboxylic acids is 1. The van der Waals surface area contributed by atoms with Crippen LogP contribution in [0.5, 0.6) is 0 Å². The molecule has 6 nitrogen and oxygen atoms in total. The Hall–Kier alpha value is -2.59. The van der Waals surface area contributed by atoms with Crippen molar-refractivity contribution >= 4 is 23.5 Å². The quantitative estimate of drug-likeness (QED) is 0.511. The van der Waals surface area contributed by atoms with Crippen molar-refractivity contribution in [3.8, 4) is 17.3 Å². The van der Waals surface area contributed by atoms with E-state index in [9.17, 15) is 10.1 Å². The first-order valence-corrected chi connectivity index (χ1v) is 7.96. The molecule has 0 radical (unpaired) electrons. The molecule has 2 N–H and O–H groups in total. The molecule has 7 heteroatoms. The van der Waals surface area contributed by atoms with Gasteiger partial charge >= 0.3 is 5.97 Å². The number of nitriles is 1. The number of aryl methyl sites for hydroxylation is 1. The minimum absolute atomic E-state index is 0.0898. The zero-order chi connectivity index (χ0) is 16.8. The van der Waals surface area contributed by atoms with Crippen LogP contribution in [0, 0.1) is 18.3 Å². The first-order chi connectivity index (χ1) is 11.0. The lowest BCUT2D eigenvalue weighted by Crippen LogP contribution is -2.08. The molecule has 0 bridgehead atoms. The highest BCUT2D eigenvalue weighted by molar-refractivity contribution is 7.99. The molecule has 0 atom stereocenters. The smallest absolute Gasteiger partial charge is 0.316 e. The van der Waals surface area contributed by atoms with Crippen LogP contribution in [0.4, 0.5) is 5.82 Å². The Balaban J connectivity index is 2.35. The minimum Gasteiger partial charge on any atom is -0.465 e. The Morgan fingerprint density at radius 3 is 2.65 bits per heavy atom. The van der Waals surface area contributed by atoms with Gasteiger partial charge in [0.1, 0.15) is 17.5 Å². The van der Waals surface area contributed by atoms with Gasteiger partial charge in [0.2, 0.25) is 0 Å². The lowest BCUT2D eigenvalue weighted by atomic mass is 10.1. The first-order valence-electron chi connectivity index (χ1n) is 6.98. The third-order valence-electron chi connectivity index (χ3n) is 2.98. The van der Waals surface area contributed by atoms with E-state index in [1.807, 2.05) is 37.3 Å². The summed E-state index contributed by atoms with van der Waals surface area (Å²) in [5, 5.41) is 9.64. The standard InChI is InChI=1S/C16H16N4O2S/c1-3-22-13(21)9-23-16-19-14(12(8-17)15(18)20-16)11-6-4-10(2)5-7-11/h4-7H,3,9H2,1-2H3,(H2,18,19,20). The molecule has 0 aliphatic carbocycles. The molecule has 0 saturated heterocycles. The number of thioether (sulfide) groups is 1. The van der Waals surface area contributed by atoms with Gasteiger partial charge in [0, 0.05) is 5.56 Å². The number of benzene rings is 1. The average Bonchev–Trinajstić information content (AvgIpc) is 2.53. The number of nitrogens with two attached hydrogens (primary N) is 1. The summed E-state index contributed by atoms with van der Waals surface area (Å²) in [7, 11) is 0. The largest absolute Gasteiger partial charge is 0.465 e. The third kappa shape index (κ3) is 4.20. The summed E-state index contributed by atoms with van der Waals surface area (Å²) in [5.41, 5.74) is 8.44. The molecular formula is C16H16N4O2S. The second kappa shape index (κ2) is 7.61. The molecule has 118 valence electrons.